The lowest BCUT2D eigenvalue weighted by Crippen LogP contribution is -2.42. The third-order valence-electron chi connectivity index (χ3n) is 5.64. The largest absolute Gasteiger partial charge is 0.481 e. The Labute approximate surface area is 124 Å². The molecule has 2 saturated carbocycles. The Morgan fingerprint density at radius 1 is 1.10 bits per heavy atom. The van der Waals surface area contributed by atoms with Gasteiger partial charge in [-0.1, -0.05) is 18.6 Å². The van der Waals surface area contributed by atoms with Gasteiger partial charge in [-0.05, 0) is 42.9 Å². The van der Waals surface area contributed by atoms with Crippen LogP contribution in [0.15, 0.2) is 12.2 Å². The van der Waals surface area contributed by atoms with E-state index in [-0.39, 0.29) is 30.3 Å². The van der Waals surface area contributed by atoms with Gasteiger partial charge in [-0.2, -0.15) is 0 Å². The first-order chi connectivity index (χ1) is 10.1. The van der Waals surface area contributed by atoms with Gasteiger partial charge in [0.25, 0.3) is 0 Å². The van der Waals surface area contributed by atoms with Gasteiger partial charge >= 0.3 is 5.97 Å². The van der Waals surface area contributed by atoms with Crippen LogP contribution in [-0.2, 0) is 9.59 Å². The lowest BCUT2D eigenvalue weighted by Gasteiger charge is -2.25. The van der Waals surface area contributed by atoms with E-state index in [1.165, 1.54) is 0 Å². The van der Waals surface area contributed by atoms with Gasteiger partial charge in [0.1, 0.15) is 0 Å². The topological polar surface area (TPSA) is 86.6 Å². The van der Waals surface area contributed by atoms with E-state index < -0.39 is 17.8 Å². The lowest BCUT2D eigenvalue weighted by atomic mass is 9.82. The maximum absolute atomic E-state index is 12.4. The number of carbonyl (C=O) groups excluding carboxylic acids is 1. The molecule has 3 rings (SSSR count). The number of fused-ring (bicyclic) bond motifs is 2. The molecule has 3 aliphatic rings. The molecule has 0 radical (unpaired) electrons. The van der Waals surface area contributed by atoms with Crippen molar-refractivity contribution in [2.75, 3.05) is 13.2 Å². The van der Waals surface area contributed by atoms with Crippen LogP contribution >= 0.6 is 0 Å². The average Bonchev–Trinajstić information content (AvgIpc) is 3.18. The Morgan fingerprint density at radius 3 is 2.43 bits per heavy atom. The molecule has 5 heteroatoms. The number of rotatable bonds is 5. The normalized spacial score (nSPS) is 40.6. The third kappa shape index (κ3) is 2.59. The molecule has 21 heavy (non-hydrogen) atoms. The highest BCUT2D eigenvalue weighted by Gasteiger charge is 2.51. The summed E-state index contributed by atoms with van der Waals surface area (Å²) in [6, 6.07) is 0. The van der Waals surface area contributed by atoms with E-state index >= 15 is 0 Å². The minimum Gasteiger partial charge on any atom is -0.481 e. The molecule has 0 heterocycles. The van der Waals surface area contributed by atoms with Gasteiger partial charge in [0.05, 0.1) is 11.8 Å². The number of carbonyl (C=O) groups is 2. The van der Waals surface area contributed by atoms with Crippen molar-refractivity contribution in [1.82, 2.24) is 5.32 Å². The zero-order valence-electron chi connectivity index (χ0n) is 12.1. The van der Waals surface area contributed by atoms with Crippen LogP contribution < -0.4 is 5.32 Å². The molecule has 0 aromatic carbocycles. The number of aliphatic hydroxyl groups is 1. The minimum absolute atomic E-state index is 0.0138. The molecule has 3 N–H and O–H groups in total. The Bertz CT molecular complexity index is 461. The zero-order valence-corrected chi connectivity index (χ0v) is 12.1. The summed E-state index contributed by atoms with van der Waals surface area (Å²) in [5.74, 6) is -1.28. The number of hydrogen-bond acceptors (Lipinski definition) is 3. The van der Waals surface area contributed by atoms with Gasteiger partial charge in [-0.3, -0.25) is 9.59 Å². The SMILES string of the molecule is O=C(O)C1C2C=CC(C2)C1C(=O)NCC1CCCC1CO. The number of aliphatic carboxylic acids is 1. The molecule has 2 bridgehead atoms. The van der Waals surface area contributed by atoms with Gasteiger partial charge in [0.2, 0.25) is 5.91 Å². The van der Waals surface area contributed by atoms with Crippen LogP contribution in [0.2, 0.25) is 0 Å². The fourth-order valence-electron chi connectivity index (χ4n) is 4.49. The first-order valence-electron chi connectivity index (χ1n) is 7.91. The third-order valence-corrected chi connectivity index (χ3v) is 5.64. The molecule has 6 unspecified atom stereocenters. The zero-order chi connectivity index (χ0) is 15.0. The first-order valence-corrected chi connectivity index (χ1v) is 7.91. The molecule has 0 aromatic heterocycles. The number of nitrogens with one attached hydrogen (secondary N) is 1. The molecule has 6 atom stereocenters. The number of aliphatic hydroxyl groups excluding tert-OH is 1. The monoisotopic (exact) mass is 293 g/mol. The number of carboxylic acids is 1. The van der Waals surface area contributed by atoms with Crippen molar-refractivity contribution in [3.8, 4) is 0 Å². The maximum atomic E-state index is 12.4. The van der Waals surface area contributed by atoms with Crippen molar-refractivity contribution >= 4 is 11.9 Å². The van der Waals surface area contributed by atoms with Crippen LogP contribution in [0.5, 0.6) is 0 Å². The van der Waals surface area contributed by atoms with Crippen LogP contribution in [0.1, 0.15) is 25.7 Å². The first kappa shape index (κ1) is 14.6. The standard InChI is InChI=1S/C16H23NO4/c18-8-12-3-1-2-11(12)7-17-15(19)13-9-4-5-10(6-9)14(13)16(20)21/h4-5,9-14,18H,1-3,6-8H2,(H,17,19)(H,20,21). The molecule has 0 spiro atoms. The molecule has 2 fully saturated rings. The molecule has 0 aromatic rings. The van der Waals surface area contributed by atoms with Crippen LogP contribution in [0.3, 0.4) is 0 Å². The Kier molecular flexibility index (Phi) is 4.02. The molecule has 3 aliphatic carbocycles. The van der Waals surface area contributed by atoms with Crippen molar-refractivity contribution in [3.05, 3.63) is 12.2 Å². The molecular weight excluding hydrogens is 270 g/mol. The molecule has 1 amide bonds. The van der Waals surface area contributed by atoms with E-state index in [0.717, 1.165) is 25.7 Å². The van der Waals surface area contributed by atoms with Crippen LogP contribution in [-0.4, -0.2) is 35.2 Å². The lowest BCUT2D eigenvalue weighted by molar-refractivity contribution is -0.147. The van der Waals surface area contributed by atoms with Crippen molar-refractivity contribution in [3.63, 3.8) is 0 Å². The summed E-state index contributed by atoms with van der Waals surface area (Å²) in [4.78, 5) is 23.8. The van der Waals surface area contributed by atoms with Crippen molar-refractivity contribution < 1.29 is 19.8 Å². The highest BCUT2D eigenvalue weighted by molar-refractivity contribution is 5.86. The van der Waals surface area contributed by atoms with Crippen molar-refractivity contribution in [1.29, 1.82) is 0 Å². The van der Waals surface area contributed by atoms with E-state index in [9.17, 15) is 19.8 Å². The van der Waals surface area contributed by atoms with Crippen LogP contribution in [0, 0.1) is 35.5 Å². The predicted octanol–water partition coefficient (Wildman–Crippen LogP) is 1.03. The maximum Gasteiger partial charge on any atom is 0.307 e. The van der Waals surface area contributed by atoms with Gasteiger partial charge in [0, 0.05) is 13.2 Å². The summed E-state index contributed by atoms with van der Waals surface area (Å²) in [5, 5.41) is 21.6. The second kappa shape index (κ2) is 5.79. The van der Waals surface area contributed by atoms with Crippen LogP contribution in [0.4, 0.5) is 0 Å². The van der Waals surface area contributed by atoms with E-state index in [1.54, 1.807) is 0 Å². The molecule has 5 nitrogen and oxygen atoms in total. The molecule has 0 saturated heterocycles. The van der Waals surface area contributed by atoms with E-state index in [2.05, 4.69) is 5.32 Å². The summed E-state index contributed by atoms with van der Waals surface area (Å²) >= 11 is 0. The van der Waals surface area contributed by atoms with E-state index in [4.69, 9.17) is 0 Å². The number of allylic oxidation sites excluding steroid dienone is 2. The van der Waals surface area contributed by atoms with Gasteiger partial charge < -0.3 is 15.5 Å². The van der Waals surface area contributed by atoms with Crippen LogP contribution in [0.25, 0.3) is 0 Å². The summed E-state index contributed by atoms with van der Waals surface area (Å²) in [5.41, 5.74) is 0. The Hall–Kier alpha value is -1.36. The van der Waals surface area contributed by atoms with E-state index in [0.29, 0.717) is 12.5 Å². The molecule has 116 valence electrons. The Morgan fingerprint density at radius 2 is 1.76 bits per heavy atom. The van der Waals surface area contributed by atoms with Crippen molar-refractivity contribution in [2.24, 2.45) is 35.5 Å². The minimum atomic E-state index is -0.860. The number of amides is 1. The van der Waals surface area contributed by atoms with Gasteiger partial charge in [-0.15, -0.1) is 0 Å². The summed E-state index contributed by atoms with van der Waals surface area (Å²) in [6.07, 6.45) is 7.89. The summed E-state index contributed by atoms with van der Waals surface area (Å²) in [6.45, 7) is 0.739. The van der Waals surface area contributed by atoms with Gasteiger partial charge in [0.15, 0.2) is 0 Å². The fraction of sp³-hybridized carbons (Fsp3) is 0.750. The highest BCUT2D eigenvalue weighted by atomic mass is 16.4. The highest BCUT2D eigenvalue weighted by Crippen LogP contribution is 2.48. The van der Waals surface area contributed by atoms with Crippen molar-refractivity contribution in [2.45, 2.75) is 25.7 Å². The van der Waals surface area contributed by atoms with E-state index in [1.807, 2.05) is 12.2 Å². The fourth-order valence-corrected chi connectivity index (χ4v) is 4.49. The quantitative estimate of drug-likeness (QED) is 0.661. The summed E-state index contributed by atoms with van der Waals surface area (Å²) < 4.78 is 0. The Balaban J connectivity index is 1.60. The number of carboxylic acid groups (broad SMARTS) is 1. The average molecular weight is 293 g/mol. The second-order valence-corrected chi connectivity index (χ2v) is 6.72. The predicted molar refractivity (Wildman–Crippen MR) is 76.3 cm³/mol. The smallest absolute Gasteiger partial charge is 0.307 e. The number of hydrogen-bond donors (Lipinski definition) is 3. The van der Waals surface area contributed by atoms with Gasteiger partial charge in [-0.25, -0.2) is 0 Å². The molecule has 0 aliphatic heterocycles. The molecular formula is C16H23NO4. The second-order valence-electron chi connectivity index (χ2n) is 6.72. The summed E-state index contributed by atoms with van der Waals surface area (Å²) in [7, 11) is 0.